The summed E-state index contributed by atoms with van der Waals surface area (Å²) in [6, 6.07) is 12.2. The van der Waals surface area contributed by atoms with Crippen molar-refractivity contribution in [3.05, 3.63) is 72.1 Å². The maximum atomic E-state index is 13.2. The summed E-state index contributed by atoms with van der Waals surface area (Å²) < 4.78 is 2.04. The largest absolute Gasteiger partial charge is 0.353 e. The Morgan fingerprint density at radius 3 is 2.47 bits per heavy atom. The second-order valence-corrected chi connectivity index (χ2v) is 8.85. The highest BCUT2D eigenvalue weighted by molar-refractivity contribution is 5.96. The van der Waals surface area contributed by atoms with Crippen molar-refractivity contribution >= 4 is 11.8 Å². The lowest BCUT2D eigenvalue weighted by Crippen LogP contribution is -2.43. The van der Waals surface area contributed by atoms with Gasteiger partial charge in [0, 0.05) is 37.1 Å². The molecule has 1 aromatic carbocycles. The first-order valence-corrected chi connectivity index (χ1v) is 11.9. The van der Waals surface area contributed by atoms with E-state index in [-0.39, 0.29) is 24.4 Å². The fourth-order valence-electron chi connectivity index (χ4n) is 4.02. The molecule has 1 fully saturated rings. The van der Waals surface area contributed by atoms with Gasteiger partial charge in [-0.05, 0) is 55.5 Å². The Labute approximate surface area is 192 Å². The zero-order valence-corrected chi connectivity index (χ0v) is 19.6. The summed E-state index contributed by atoms with van der Waals surface area (Å²) in [4.78, 5) is 29.9. The van der Waals surface area contributed by atoms with Crippen LogP contribution in [0.3, 0.4) is 0 Å². The highest BCUT2D eigenvalue weighted by atomic mass is 16.2. The minimum atomic E-state index is -0.120. The van der Waals surface area contributed by atoms with Gasteiger partial charge in [-0.15, -0.1) is 6.58 Å². The minimum Gasteiger partial charge on any atom is -0.353 e. The third kappa shape index (κ3) is 6.59. The van der Waals surface area contributed by atoms with Crippen molar-refractivity contribution in [1.29, 1.82) is 0 Å². The predicted molar refractivity (Wildman–Crippen MR) is 129 cm³/mol. The van der Waals surface area contributed by atoms with Crippen LogP contribution in [0, 0.1) is 0 Å². The van der Waals surface area contributed by atoms with E-state index in [9.17, 15) is 9.59 Å². The number of hydrogen-bond donors (Lipinski definition) is 0. The second-order valence-electron chi connectivity index (χ2n) is 8.85. The summed E-state index contributed by atoms with van der Waals surface area (Å²) in [5.41, 5.74) is 2.98. The SMILES string of the molecule is C=CCN(CC(=O)N(Cc1cccn1C)C1CC1)C(=O)c1ccc(CCCCCC)cc1. The fraction of sp³-hybridized carbons (Fsp3) is 0.481. The first kappa shape index (κ1) is 23.8. The van der Waals surface area contributed by atoms with Gasteiger partial charge in [0.25, 0.3) is 5.91 Å². The lowest BCUT2D eigenvalue weighted by Gasteiger charge is -2.27. The molecule has 5 heteroatoms. The molecule has 1 aromatic heterocycles. The van der Waals surface area contributed by atoms with Gasteiger partial charge in [0.05, 0.1) is 6.54 Å². The Bertz CT molecular complexity index is 896. The summed E-state index contributed by atoms with van der Waals surface area (Å²) in [5, 5.41) is 0. The van der Waals surface area contributed by atoms with Gasteiger partial charge in [0.2, 0.25) is 5.91 Å². The highest BCUT2D eigenvalue weighted by Crippen LogP contribution is 2.28. The van der Waals surface area contributed by atoms with Crippen LogP contribution < -0.4 is 0 Å². The number of carbonyl (C=O) groups is 2. The maximum Gasteiger partial charge on any atom is 0.254 e. The summed E-state index contributed by atoms with van der Waals surface area (Å²) in [6.45, 7) is 7.01. The van der Waals surface area contributed by atoms with Gasteiger partial charge >= 0.3 is 0 Å². The van der Waals surface area contributed by atoms with E-state index in [0.717, 1.165) is 25.0 Å². The average molecular weight is 436 g/mol. The van der Waals surface area contributed by atoms with E-state index in [1.54, 1.807) is 11.0 Å². The lowest BCUT2D eigenvalue weighted by atomic mass is 10.0. The molecule has 1 aliphatic rings. The number of benzene rings is 1. The fourth-order valence-corrected chi connectivity index (χ4v) is 4.02. The van der Waals surface area contributed by atoms with E-state index in [0.29, 0.717) is 18.7 Å². The first-order chi connectivity index (χ1) is 15.5. The third-order valence-electron chi connectivity index (χ3n) is 6.17. The molecule has 1 saturated carbocycles. The van der Waals surface area contributed by atoms with Crippen molar-refractivity contribution in [3.63, 3.8) is 0 Å². The summed E-state index contributed by atoms with van der Waals surface area (Å²) in [5.74, 6) is -0.123. The number of nitrogens with zero attached hydrogens (tertiary/aromatic N) is 3. The number of aryl methyl sites for hydroxylation is 2. The Kier molecular flexibility index (Phi) is 8.72. The average Bonchev–Trinajstić information content (AvgIpc) is 3.56. The molecule has 2 amide bonds. The highest BCUT2D eigenvalue weighted by Gasteiger charge is 2.34. The summed E-state index contributed by atoms with van der Waals surface area (Å²) in [6.07, 6.45) is 11.7. The second kappa shape index (κ2) is 11.7. The van der Waals surface area contributed by atoms with Gasteiger partial charge in [-0.25, -0.2) is 0 Å². The van der Waals surface area contributed by atoms with Gasteiger partial charge in [-0.3, -0.25) is 9.59 Å². The summed E-state index contributed by atoms with van der Waals surface area (Å²) in [7, 11) is 1.99. The number of unbranched alkanes of at least 4 members (excludes halogenated alkanes) is 3. The van der Waals surface area contributed by atoms with Gasteiger partial charge in [0.15, 0.2) is 0 Å². The molecule has 5 nitrogen and oxygen atoms in total. The monoisotopic (exact) mass is 435 g/mol. The smallest absolute Gasteiger partial charge is 0.254 e. The normalized spacial score (nSPS) is 13.1. The quantitative estimate of drug-likeness (QED) is 0.329. The van der Waals surface area contributed by atoms with E-state index in [1.807, 2.05) is 59.1 Å². The van der Waals surface area contributed by atoms with Crippen molar-refractivity contribution in [3.8, 4) is 0 Å². The van der Waals surface area contributed by atoms with Crippen LogP contribution in [-0.4, -0.2) is 45.3 Å². The predicted octanol–water partition coefficient (Wildman–Crippen LogP) is 4.97. The van der Waals surface area contributed by atoms with Crippen molar-refractivity contribution in [2.24, 2.45) is 7.05 Å². The van der Waals surface area contributed by atoms with Crippen LogP contribution in [0.1, 0.15) is 67.1 Å². The molecule has 0 N–H and O–H groups in total. The van der Waals surface area contributed by atoms with Crippen LogP contribution in [0.5, 0.6) is 0 Å². The number of hydrogen-bond acceptors (Lipinski definition) is 2. The Balaban J connectivity index is 1.63. The maximum absolute atomic E-state index is 13.2. The van der Waals surface area contributed by atoms with Crippen LogP contribution >= 0.6 is 0 Å². The molecule has 1 aliphatic carbocycles. The minimum absolute atomic E-state index is 0.00329. The molecule has 1 heterocycles. The lowest BCUT2D eigenvalue weighted by molar-refractivity contribution is -0.133. The van der Waals surface area contributed by atoms with Crippen molar-refractivity contribution < 1.29 is 9.59 Å². The molecule has 2 aromatic rings. The van der Waals surface area contributed by atoms with Crippen LogP contribution in [0.25, 0.3) is 0 Å². The molecule has 0 saturated heterocycles. The molecule has 0 spiro atoms. The van der Waals surface area contributed by atoms with Crippen molar-refractivity contribution in [2.45, 2.75) is 64.5 Å². The number of rotatable bonds is 13. The molecule has 0 unspecified atom stereocenters. The summed E-state index contributed by atoms with van der Waals surface area (Å²) >= 11 is 0. The molecule has 0 aliphatic heterocycles. The standard InChI is InChI=1S/C27H37N3O2/c1-4-6-7-8-10-22-12-14-23(15-13-22)27(32)29(18-5-2)21-26(31)30(24-16-17-24)20-25-11-9-19-28(25)3/h5,9,11-15,19,24H,2,4,6-8,10,16-18,20-21H2,1,3H3. The topological polar surface area (TPSA) is 45.6 Å². The third-order valence-corrected chi connectivity index (χ3v) is 6.17. The van der Waals surface area contributed by atoms with Gasteiger partial charge in [0.1, 0.15) is 6.54 Å². The molecular formula is C27H37N3O2. The molecule has 0 atom stereocenters. The van der Waals surface area contributed by atoms with E-state index in [1.165, 1.54) is 31.2 Å². The van der Waals surface area contributed by atoms with Crippen LogP contribution in [0.2, 0.25) is 0 Å². The van der Waals surface area contributed by atoms with Gasteiger partial charge in [-0.2, -0.15) is 0 Å². The van der Waals surface area contributed by atoms with Crippen LogP contribution in [-0.2, 0) is 24.8 Å². The van der Waals surface area contributed by atoms with Crippen molar-refractivity contribution in [1.82, 2.24) is 14.4 Å². The van der Waals surface area contributed by atoms with Crippen LogP contribution in [0.15, 0.2) is 55.3 Å². The molecule has 172 valence electrons. The Morgan fingerprint density at radius 1 is 1.12 bits per heavy atom. The first-order valence-electron chi connectivity index (χ1n) is 11.9. The number of aromatic nitrogens is 1. The van der Waals surface area contributed by atoms with E-state index in [4.69, 9.17) is 0 Å². The zero-order chi connectivity index (χ0) is 22.9. The van der Waals surface area contributed by atoms with Crippen molar-refractivity contribution in [2.75, 3.05) is 13.1 Å². The van der Waals surface area contributed by atoms with Gasteiger partial charge < -0.3 is 14.4 Å². The Morgan fingerprint density at radius 2 is 1.88 bits per heavy atom. The molecular weight excluding hydrogens is 398 g/mol. The van der Waals surface area contributed by atoms with E-state index < -0.39 is 0 Å². The zero-order valence-electron chi connectivity index (χ0n) is 19.6. The molecule has 0 radical (unpaired) electrons. The molecule has 0 bridgehead atoms. The molecule has 3 rings (SSSR count). The van der Waals surface area contributed by atoms with E-state index in [2.05, 4.69) is 13.5 Å². The number of carbonyl (C=O) groups excluding carboxylic acids is 2. The Hall–Kier alpha value is -2.82. The van der Waals surface area contributed by atoms with Crippen LogP contribution in [0.4, 0.5) is 0 Å². The molecule has 32 heavy (non-hydrogen) atoms. The number of amides is 2. The van der Waals surface area contributed by atoms with Gasteiger partial charge in [-0.1, -0.05) is 44.4 Å². The van der Waals surface area contributed by atoms with E-state index >= 15 is 0 Å².